The van der Waals surface area contributed by atoms with Crippen LogP contribution < -0.4 is 0 Å². The van der Waals surface area contributed by atoms with Gasteiger partial charge in [-0.3, -0.25) is 4.79 Å². The number of aromatic nitrogens is 3. The molecule has 1 aliphatic heterocycles. The van der Waals surface area contributed by atoms with E-state index in [0.29, 0.717) is 13.1 Å². The topological polar surface area (TPSA) is 51.0 Å². The van der Waals surface area contributed by atoms with E-state index in [1.807, 2.05) is 23.1 Å². The van der Waals surface area contributed by atoms with Crippen LogP contribution in [0, 0.1) is 0 Å². The maximum Gasteiger partial charge on any atom is 0.254 e. The third-order valence-electron chi connectivity index (χ3n) is 5.71. The number of rotatable bonds is 3. The smallest absolute Gasteiger partial charge is 0.254 e. The van der Waals surface area contributed by atoms with Gasteiger partial charge in [-0.25, -0.2) is 0 Å². The second-order valence-electron chi connectivity index (χ2n) is 7.55. The van der Waals surface area contributed by atoms with Crippen LogP contribution in [-0.4, -0.2) is 32.1 Å². The quantitative estimate of drug-likeness (QED) is 0.627. The van der Waals surface area contributed by atoms with Crippen LogP contribution in [0.1, 0.15) is 45.1 Å². The zero-order valence-corrected chi connectivity index (χ0v) is 17.2. The number of nitrogens with zero attached hydrogens (tertiary/aromatic N) is 4. The van der Waals surface area contributed by atoms with Crippen molar-refractivity contribution in [2.24, 2.45) is 0 Å². The Kier molecular flexibility index (Phi) is 4.51. The molecule has 5 rings (SSSR count). The molecule has 3 aromatic rings. The molecular weight excluding hydrogens is 416 g/mol. The summed E-state index contributed by atoms with van der Waals surface area (Å²) in [6, 6.07) is 14.4. The molecule has 0 N–H and O–H groups in total. The number of halogens is 1. The van der Waals surface area contributed by atoms with Crippen LogP contribution in [0.3, 0.4) is 0 Å². The van der Waals surface area contributed by atoms with Crippen molar-refractivity contribution in [2.45, 2.75) is 38.8 Å². The molecule has 0 bridgehead atoms. The molecule has 1 aliphatic carbocycles. The molecule has 0 spiro atoms. The van der Waals surface area contributed by atoms with Crippen LogP contribution >= 0.6 is 15.9 Å². The van der Waals surface area contributed by atoms with Gasteiger partial charge in [-0.1, -0.05) is 34.1 Å². The maximum absolute atomic E-state index is 13.0. The molecule has 2 heterocycles. The van der Waals surface area contributed by atoms with Gasteiger partial charge in [0.25, 0.3) is 5.91 Å². The summed E-state index contributed by atoms with van der Waals surface area (Å²) in [5.41, 5.74) is 4.72. The Morgan fingerprint density at radius 1 is 1.04 bits per heavy atom. The number of fused-ring (bicyclic) bond motifs is 2. The van der Waals surface area contributed by atoms with Gasteiger partial charge in [0.2, 0.25) is 0 Å². The zero-order valence-electron chi connectivity index (χ0n) is 15.6. The molecule has 0 atom stereocenters. The van der Waals surface area contributed by atoms with E-state index in [1.54, 1.807) is 0 Å². The molecule has 0 saturated carbocycles. The summed E-state index contributed by atoms with van der Waals surface area (Å²) in [6.07, 6.45) is 4.16. The number of hydrogen-bond donors (Lipinski definition) is 0. The van der Waals surface area contributed by atoms with Gasteiger partial charge in [-0.15, -0.1) is 10.2 Å². The van der Waals surface area contributed by atoms with E-state index in [4.69, 9.17) is 0 Å². The number of aryl methyl sites for hydroxylation is 2. The summed E-state index contributed by atoms with van der Waals surface area (Å²) in [6.45, 7) is 1.94. The highest BCUT2D eigenvalue weighted by Crippen LogP contribution is 2.24. The summed E-state index contributed by atoms with van der Waals surface area (Å²) in [5.74, 6) is 1.92. The molecule has 1 amide bonds. The first-order chi connectivity index (χ1) is 13.7. The normalized spacial score (nSPS) is 15.4. The van der Waals surface area contributed by atoms with Gasteiger partial charge in [0, 0.05) is 29.5 Å². The molecule has 0 fully saturated rings. The SMILES string of the molecule is O=C(c1ccc2c(c1)CCC2)N1CCn2c(Cc3cccc(Br)c3)nnc2C1. The Hall–Kier alpha value is -2.47. The molecule has 2 aliphatic rings. The van der Waals surface area contributed by atoms with Crippen LogP contribution in [0.25, 0.3) is 0 Å². The molecule has 0 saturated heterocycles. The van der Waals surface area contributed by atoms with Crippen LogP contribution in [0.15, 0.2) is 46.9 Å². The average molecular weight is 437 g/mol. The standard InChI is InChI=1S/C22H21BrN4O/c23-19-6-1-3-15(11-19)12-20-24-25-21-14-26(9-10-27(20)21)22(28)18-8-7-16-4-2-5-17(16)13-18/h1,3,6-8,11,13H,2,4-5,9-10,12,14H2. The van der Waals surface area contributed by atoms with Gasteiger partial charge in [0.1, 0.15) is 5.82 Å². The highest BCUT2D eigenvalue weighted by molar-refractivity contribution is 9.10. The maximum atomic E-state index is 13.0. The summed E-state index contributed by atoms with van der Waals surface area (Å²) in [5, 5.41) is 8.76. The first-order valence-electron chi connectivity index (χ1n) is 9.74. The van der Waals surface area contributed by atoms with Gasteiger partial charge in [0.15, 0.2) is 5.82 Å². The lowest BCUT2D eigenvalue weighted by molar-refractivity contribution is 0.0706. The molecule has 1 aromatic heterocycles. The van der Waals surface area contributed by atoms with E-state index in [9.17, 15) is 4.79 Å². The van der Waals surface area contributed by atoms with Crippen molar-refractivity contribution in [3.8, 4) is 0 Å². The average Bonchev–Trinajstić information content (AvgIpc) is 3.33. The van der Waals surface area contributed by atoms with Crippen LogP contribution in [-0.2, 0) is 32.4 Å². The minimum atomic E-state index is 0.0949. The van der Waals surface area contributed by atoms with Crippen molar-refractivity contribution in [1.82, 2.24) is 19.7 Å². The predicted molar refractivity (Wildman–Crippen MR) is 110 cm³/mol. The van der Waals surface area contributed by atoms with E-state index in [1.165, 1.54) is 23.1 Å². The van der Waals surface area contributed by atoms with Crippen LogP contribution in [0.2, 0.25) is 0 Å². The first kappa shape index (κ1) is 17.6. The predicted octanol–water partition coefficient (Wildman–Crippen LogP) is 3.78. The molecule has 28 heavy (non-hydrogen) atoms. The van der Waals surface area contributed by atoms with Crippen molar-refractivity contribution in [2.75, 3.05) is 6.54 Å². The summed E-state index contributed by atoms with van der Waals surface area (Å²) in [7, 11) is 0. The Bertz CT molecular complexity index is 1060. The van der Waals surface area contributed by atoms with Gasteiger partial charge >= 0.3 is 0 Å². The molecule has 5 nitrogen and oxygen atoms in total. The Balaban J connectivity index is 1.33. The molecule has 6 heteroatoms. The molecule has 0 radical (unpaired) electrons. The lowest BCUT2D eigenvalue weighted by atomic mass is 10.1. The van der Waals surface area contributed by atoms with Crippen LogP contribution in [0.4, 0.5) is 0 Å². The monoisotopic (exact) mass is 436 g/mol. The minimum Gasteiger partial charge on any atom is -0.329 e. The second-order valence-corrected chi connectivity index (χ2v) is 8.47. The molecular formula is C22H21BrN4O. The van der Waals surface area contributed by atoms with Crippen LogP contribution in [0.5, 0.6) is 0 Å². The van der Waals surface area contributed by atoms with Gasteiger partial charge < -0.3 is 9.47 Å². The fourth-order valence-electron chi connectivity index (χ4n) is 4.24. The van der Waals surface area contributed by atoms with E-state index in [2.05, 4.69) is 55.0 Å². The fourth-order valence-corrected chi connectivity index (χ4v) is 4.69. The van der Waals surface area contributed by atoms with Crippen molar-refractivity contribution >= 4 is 21.8 Å². The van der Waals surface area contributed by atoms with Gasteiger partial charge in [-0.2, -0.15) is 0 Å². The fraction of sp³-hybridized carbons (Fsp3) is 0.318. The summed E-state index contributed by atoms with van der Waals surface area (Å²) in [4.78, 5) is 14.9. The number of carbonyl (C=O) groups is 1. The molecule has 0 unspecified atom stereocenters. The zero-order chi connectivity index (χ0) is 19.1. The highest BCUT2D eigenvalue weighted by Gasteiger charge is 2.26. The Morgan fingerprint density at radius 2 is 1.93 bits per heavy atom. The Morgan fingerprint density at radius 3 is 2.82 bits per heavy atom. The van der Waals surface area contributed by atoms with E-state index < -0.39 is 0 Å². The largest absolute Gasteiger partial charge is 0.329 e. The van der Waals surface area contributed by atoms with Gasteiger partial charge in [0.05, 0.1) is 6.54 Å². The van der Waals surface area contributed by atoms with E-state index >= 15 is 0 Å². The summed E-state index contributed by atoms with van der Waals surface area (Å²) < 4.78 is 3.22. The second kappa shape index (κ2) is 7.17. The number of benzene rings is 2. The van der Waals surface area contributed by atoms with Crippen molar-refractivity contribution in [3.05, 3.63) is 80.8 Å². The van der Waals surface area contributed by atoms with E-state index in [0.717, 1.165) is 47.5 Å². The molecule has 2 aromatic carbocycles. The van der Waals surface area contributed by atoms with Gasteiger partial charge in [-0.05, 0) is 60.2 Å². The minimum absolute atomic E-state index is 0.0949. The first-order valence-corrected chi connectivity index (χ1v) is 10.5. The molecule has 142 valence electrons. The Labute approximate surface area is 172 Å². The van der Waals surface area contributed by atoms with Crippen molar-refractivity contribution < 1.29 is 4.79 Å². The van der Waals surface area contributed by atoms with E-state index in [-0.39, 0.29) is 5.91 Å². The number of carbonyl (C=O) groups excluding carboxylic acids is 1. The number of hydrogen-bond acceptors (Lipinski definition) is 3. The lowest BCUT2D eigenvalue weighted by Crippen LogP contribution is -2.38. The third kappa shape index (κ3) is 3.26. The highest BCUT2D eigenvalue weighted by atomic mass is 79.9. The number of amides is 1. The van der Waals surface area contributed by atoms with Crippen molar-refractivity contribution in [1.29, 1.82) is 0 Å². The summed E-state index contributed by atoms with van der Waals surface area (Å²) >= 11 is 3.52. The third-order valence-corrected chi connectivity index (χ3v) is 6.21. The lowest BCUT2D eigenvalue weighted by Gasteiger charge is -2.28. The van der Waals surface area contributed by atoms with Crippen molar-refractivity contribution in [3.63, 3.8) is 0 Å².